The summed E-state index contributed by atoms with van der Waals surface area (Å²) in [6.45, 7) is 2.36. The molecule has 0 bridgehead atoms. The molecule has 7 nitrogen and oxygen atoms in total. The maximum absolute atomic E-state index is 11.8. The molecule has 2 heterocycles. The van der Waals surface area contributed by atoms with Gasteiger partial charge in [-0.1, -0.05) is 17.7 Å². The molecule has 0 fully saturated rings. The van der Waals surface area contributed by atoms with Crippen LogP contribution < -0.4 is 16.0 Å². The highest BCUT2D eigenvalue weighted by Crippen LogP contribution is 2.25. The van der Waals surface area contributed by atoms with E-state index in [1.165, 1.54) is 6.33 Å². The predicted octanol–water partition coefficient (Wildman–Crippen LogP) is 2.32. The SMILES string of the molecule is CNc1c(Cl)ncnc1NCCC(=O)Nc1ccc(C)cn1. The van der Waals surface area contributed by atoms with Crippen molar-refractivity contribution in [1.29, 1.82) is 0 Å². The Morgan fingerprint density at radius 2 is 2.09 bits per heavy atom. The number of nitrogens with zero attached hydrogens (tertiary/aromatic N) is 3. The Labute approximate surface area is 133 Å². The van der Waals surface area contributed by atoms with Gasteiger partial charge in [0, 0.05) is 26.2 Å². The Morgan fingerprint density at radius 3 is 2.77 bits per heavy atom. The molecule has 116 valence electrons. The standard InChI is InChI=1S/C14H17ClN6O/c1-9-3-4-10(18-7-9)21-11(22)5-6-17-14-12(16-2)13(15)19-8-20-14/h3-4,7-8,16H,5-6H2,1-2H3,(H,17,19,20)(H,18,21,22). The van der Waals surface area contributed by atoms with Gasteiger partial charge in [-0.25, -0.2) is 15.0 Å². The maximum atomic E-state index is 11.8. The molecular weight excluding hydrogens is 304 g/mol. The van der Waals surface area contributed by atoms with Crippen molar-refractivity contribution >= 4 is 34.8 Å². The maximum Gasteiger partial charge on any atom is 0.227 e. The molecule has 0 aromatic carbocycles. The first-order valence-electron chi connectivity index (χ1n) is 6.74. The minimum atomic E-state index is -0.130. The van der Waals surface area contributed by atoms with Gasteiger partial charge in [-0.2, -0.15) is 0 Å². The normalized spacial score (nSPS) is 10.1. The van der Waals surface area contributed by atoms with Crippen LogP contribution in [-0.4, -0.2) is 34.5 Å². The zero-order valence-electron chi connectivity index (χ0n) is 12.4. The van der Waals surface area contributed by atoms with Gasteiger partial charge >= 0.3 is 0 Å². The Balaban J connectivity index is 1.85. The van der Waals surface area contributed by atoms with E-state index in [2.05, 4.69) is 30.9 Å². The smallest absolute Gasteiger partial charge is 0.227 e. The number of aryl methyl sites for hydroxylation is 1. The number of amides is 1. The van der Waals surface area contributed by atoms with E-state index in [-0.39, 0.29) is 12.3 Å². The summed E-state index contributed by atoms with van der Waals surface area (Å²) in [4.78, 5) is 23.9. The van der Waals surface area contributed by atoms with E-state index in [4.69, 9.17) is 11.6 Å². The van der Waals surface area contributed by atoms with Crippen LogP contribution in [0.3, 0.4) is 0 Å². The van der Waals surface area contributed by atoms with E-state index >= 15 is 0 Å². The zero-order valence-corrected chi connectivity index (χ0v) is 13.1. The molecule has 0 spiro atoms. The van der Waals surface area contributed by atoms with Crippen LogP contribution in [0.2, 0.25) is 5.15 Å². The number of nitrogens with one attached hydrogen (secondary N) is 3. The van der Waals surface area contributed by atoms with Crippen molar-refractivity contribution in [2.45, 2.75) is 13.3 Å². The van der Waals surface area contributed by atoms with E-state index < -0.39 is 0 Å². The van der Waals surface area contributed by atoms with Crippen LogP contribution in [0.1, 0.15) is 12.0 Å². The fraction of sp³-hybridized carbons (Fsp3) is 0.286. The fourth-order valence-electron chi connectivity index (χ4n) is 1.76. The van der Waals surface area contributed by atoms with Crippen molar-refractivity contribution in [3.63, 3.8) is 0 Å². The van der Waals surface area contributed by atoms with E-state index in [0.717, 1.165) is 5.56 Å². The number of anilines is 3. The van der Waals surface area contributed by atoms with Crippen LogP contribution in [0.25, 0.3) is 0 Å². The summed E-state index contributed by atoms with van der Waals surface area (Å²) >= 11 is 5.95. The van der Waals surface area contributed by atoms with Crippen LogP contribution in [0.5, 0.6) is 0 Å². The van der Waals surface area contributed by atoms with Gasteiger partial charge in [0.15, 0.2) is 11.0 Å². The molecule has 0 aliphatic heterocycles. The van der Waals surface area contributed by atoms with Gasteiger partial charge in [-0.3, -0.25) is 4.79 Å². The van der Waals surface area contributed by atoms with Crippen LogP contribution in [0.15, 0.2) is 24.7 Å². The molecular formula is C14H17ClN6O. The molecule has 0 aliphatic carbocycles. The predicted molar refractivity (Wildman–Crippen MR) is 87.3 cm³/mol. The molecule has 2 aromatic heterocycles. The molecule has 3 N–H and O–H groups in total. The van der Waals surface area contributed by atoms with Crippen molar-refractivity contribution in [1.82, 2.24) is 15.0 Å². The highest BCUT2D eigenvalue weighted by atomic mass is 35.5. The van der Waals surface area contributed by atoms with Crippen LogP contribution in [0.4, 0.5) is 17.3 Å². The monoisotopic (exact) mass is 320 g/mol. The van der Waals surface area contributed by atoms with Gasteiger partial charge in [-0.15, -0.1) is 0 Å². The topological polar surface area (TPSA) is 91.8 Å². The number of pyridine rings is 1. The van der Waals surface area contributed by atoms with Crippen LogP contribution in [0, 0.1) is 6.92 Å². The van der Waals surface area contributed by atoms with Crippen molar-refractivity contribution in [3.05, 3.63) is 35.4 Å². The number of hydrogen-bond acceptors (Lipinski definition) is 6. The molecule has 0 saturated carbocycles. The van der Waals surface area contributed by atoms with E-state index in [9.17, 15) is 4.79 Å². The molecule has 22 heavy (non-hydrogen) atoms. The van der Waals surface area contributed by atoms with Crippen molar-refractivity contribution in [2.24, 2.45) is 0 Å². The molecule has 0 unspecified atom stereocenters. The highest BCUT2D eigenvalue weighted by Gasteiger charge is 2.08. The lowest BCUT2D eigenvalue weighted by Gasteiger charge is -2.11. The number of rotatable bonds is 6. The minimum Gasteiger partial charge on any atom is -0.383 e. The second-order valence-corrected chi connectivity index (χ2v) is 4.94. The van der Waals surface area contributed by atoms with Crippen LogP contribution >= 0.6 is 11.6 Å². The fourth-order valence-corrected chi connectivity index (χ4v) is 1.99. The molecule has 0 aliphatic rings. The Hall–Kier alpha value is -2.41. The number of halogens is 1. The largest absolute Gasteiger partial charge is 0.383 e. The summed E-state index contributed by atoms with van der Waals surface area (Å²) in [6.07, 6.45) is 3.35. The molecule has 0 atom stereocenters. The lowest BCUT2D eigenvalue weighted by atomic mass is 10.3. The Kier molecular flexibility index (Phi) is 5.48. The van der Waals surface area contributed by atoms with Gasteiger partial charge in [0.05, 0.1) is 0 Å². The average molecular weight is 321 g/mol. The van der Waals surface area contributed by atoms with E-state index in [0.29, 0.717) is 29.0 Å². The second kappa shape index (κ2) is 7.56. The Morgan fingerprint density at radius 1 is 1.27 bits per heavy atom. The molecule has 1 amide bonds. The second-order valence-electron chi connectivity index (χ2n) is 4.58. The third-order valence-electron chi connectivity index (χ3n) is 2.87. The van der Waals surface area contributed by atoms with Crippen molar-refractivity contribution < 1.29 is 4.79 Å². The third kappa shape index (κ3) is 4.29. The minimum absolute atomic E-state index is 0.130. The van der Waals surface area contributed by atoms with Gasteiger partial charge < -0.3 is 16.0 Å². The van der Waals surface area contributed by atoms with E-state index in [1.807, 2.05) is 13.0 Å². The van der Waals surface area contributed by atoms with Gasteiger partial charge in [-0.05, 0) is 18.6 Å². The summed E-state index contributed by atoms with van der Waals surface area (Å²) in [5, 5.41) is 9.03. The first-order valence-corrected chi connectivity index (χ1v) is 7.12. The molecule has 8 heteroatoms. The highest BCUT2D eigenvalue weighted by molar-refractivity contribution is 6.32. The first kappa shape index (κ1) is 16.0. The molecule has 0 saturated heterocycles. The van der Waals surface area contributed by atoms with Gasteiger partial charge in [0.2, 0.25) is 5.91 Å². The lowest BCUT2D eigenvalue weighted by Crippen LogP contribution is -2.17. The quantitative estimate of drug-likeness (QED) is 0.707. The van der Waals surface area contributed by atoms with Crippen LogP contribution in [-0.2, 0) is 4.79 Å². The van der Waals surface area contributed by atoms with Gasteiger partial charge in [0.1, 0.15) is 17.8 Å². The first-order chi connectivity index (χ1) is 10.6. The average Bonchev–Trinajstić information content (AvgIpc) is 2.50. The zero-order chi connectivity index (χ0) is 15.9. The van der Waals surface area contributed by atoms with E-state index in [1.54, 1.807) is 19.3 Å². The van der Waals surface area contributed by atoms with Gasteiger partial charge in [0.25, 0.3) is 0 Å². The number of hydrogen-bond donors (Lipinski definition) is 3. The summed E-state index contributed by atoms with van der Waals surface area (Å²) in [5.74, 6) is 0.968. The molecule has 2 rings (SSSR count). The third-order valence-corrected chi connectivity index (χ3v) is 3.16. The van der Waals surface area contributed by atoms with Crippen molar-refractivity contribution in [3.8, 4) is 0 Å². The molecule has 0 radical (unpaired) electrons. The molecule has 2 aromatic rings. The summed E-state index contributed by atoms with van der Waals surface area (Å²) in [5.41, 5.74) is 1.64. The number of carbonyl (C=O) groups excluding carboxylic acids is 1. The number of aromatic nitrogens is 3. The summed E-state index contributed by atoms with van der Waals surface area (Å²) < 4.78 is 0. The summed E-state index contributed by atoms with van der Waals surface area (Å²) in [7, 11) is 1.73. The Bertz CT molecular complexity index is 646. The lowest BCUT2D eigenvalue weighted by molar-refractivity contribution is -0.116. The van der Waals surface area contributed by atoms with Crippen molar-refractivity contribution in [2.75, 3.05) is 29.5 Å². The number of carbonyl (C=O) groups is 1. The summed E-state index contributed by atoms with van der Waals surface area (Å²) in [6, 6.07) is 3.66.